The molecule has 0 spiro atoms. The molecule has 3 rings (SSSR count). The van der Waals surface area contributed by atoms with Crippen molar-refractivity contribution in [2.45, 2.75) is 0 Å². The van der Waals surface area contributed by atoms with Crippen LogP contribution in [-0.4, -0.2) is 55.4 Å². The zero-order chi connectivity index (χ0) is 27.1. The van der Waals surface area contributed by atoms with Crippen molar-refractivity contribution < 1.29 is 36.0 Å². The Bertz CT molecular complexity index is 1370. The summed E-state index contributed by atoms with van der Waals surface area (Å²) in [4.78, 5) is 31.1. The number of rotatable bonds is 6. The van der Waals surface area contributed by atoms with Crippen molar-refractivity contribution in [1.82, 2.24) is 0 Å². The van der Waals surface area contributed by atoms with E-state index in [0.717, 1.165) is 54.6 Å². The molecule has 0 heterocycles. The van der Waals surface area contributed by atoms with Gasteiger partial charge in [0.05, 0.1) is 0 Å². The molecule has 3 N–H and O–H groups in total. The van der Waals surface area contributed by atoms with E-state index in [2.05, 4.69) is 0 Å². The van der Waals surface area contributed by atoms with Crippen molar-refractivity contribution in [2.75, 3.05) is 0 Å². The molecule has 3 aromatic rings. The first kappa shape index (κ1) is 26.8. The van der Waals surface area contributed by atoms with Gasteiger partial charge in [-0.2, -0.15) is 0 Å². The van der Waals surface area contributed by atoms with Gasteiger partial charge < -0.3 is 0 Å². The van der Waals surface area contributed by atoms with Crippen LogP contribution in [-0.2, 0) is 8.44 Å². The van der Waals surface area contributed by atoms with Crippen LogP contribution in [0.2, 0.25) is 0 Å². The minimum atomic E-state index is -4.82. The molecule has 13 heteroatoms. The number of nitriles is 3. The van der Waals surface area contributed by atoms with E-state index in [4.69, 9.17) is 24.2 Å². The van der Waals surface area contributed by atoms with Crippen molar-refractivity contribution in [3.05, 3.63) is 105 Å². The Hall–Kier alpha value is -4.79. The molecule has 0 fully saturated rings. The van der Waals surface area contributed by atoms with Crippen LogP contribution in [0.25, 0.3) is 0 Å². The van der Waals surface area contributed by atoms with Crippen molar-refractivity contribution >= 4 is 41.0 Å². The SMILES string of the molecule is N#Cc1cc(F)cc(C(=[OH+])[O][Bi]([O]C(=[OH+])c2cc(F)cc(C#N)c2)[O]C(=[OH+])c2cc(F)cc(C#N)c2)c1. The van der Waals surface area contributed by atoms with Gasteiger partial charge in [-0.3, -0.25) is 0 Å². The van der Waals surface area contributed by atoms with Gasteiger partial charge in [0.1, 0.15) is 0 Å². The third-order valence-electron chi connectivity index (χ3n) is 4.30. The number of benzene rings is 3. The Morgan fingerprint density at radius 2 is 0.811 bits per heavy atom. The van der Waals surface area contributed by atoms with Gasteiger partial charge in [0, 0.05) is 0 Å². The summed E-state index contributed by atoms with van der Waals surface area (Å²) in [5, 5.41) is 27.0. The van der Waals surface area contributed by atoms with E-state index in [1.54, 1.807) is 18.2 Å². The van der Waals surface area contributed by atoms with E-state index in [9.17, 15) is 27.6 Å². The average molecular weight is 704 g/mol. The van der Waals surface area contributed by atoms with E-state index in [1.807, 2.05) is 0 Å². The van der Waals surface area contributed by atoms with Crippen LogP contribution in [0, 0.1) is 51.4 Å². The number of hydrogen-bond acceptors (Lipinski definition) is 6. The molecule has 0 saturated carbocycles. The molecular weight excluding hydrogens is 692 g/mol. The normalized spacial score (nSPS) is 9.97. The molecule has 9 nitrogen and oxygen atoms in total. The van der Waals surface area contributed by atoms with Crippen LogP contribution < -0.4 is 0 Å². The first-order chi connectivity index (χ1) is 17.6. The Morgan fingerprint density at radius 1 is 0.541 bits per heavy atom. The standard InChI is InChI=1S/3C8H4FNO2.Bi/c3*9-7-2-5(4-10)1-6(3-7)8(11)12;/h3*1-3H,(H,11,12);/q;;;+3. The first-order valence-corrected chi connectivity index (χ1v) is 14.0. The average Bonchev–Trinajstić information content (AvgIpc) is 2.87. The van der Waals surface area contributed by atoms with Gasteiger partial charge in [-0.25, -0.2) is 0 Å². The summed E-state index contributed by atoms with van der Waals surface area (Å²) in [5.41, 5.74) is -1.48. The van der Waals surface area contributed by atoms with Crippen LogP contribution in [0.15, 0.2) is 54.6 Å². The Labute approximate surface area is 216 Å². The molecule has 0 saturated heterocycles. The molecule has 0 aromatic heterocycles. The third-order valence-corrected chi connectivity index (χ3v) is 8.06. The fraction of sp³-hybridized carbons (Fsp3) is 0. The summed E-state index contributed by atoms with van der Waals surface area (Å²) in [6.07, 6.45) is 0. The summed E-state index contributed by atoms with van der Waals surface area (Å²) >= 11 is -4.82. The second-order valence-corrected chi connectivity index (χ2v) is 10.8. The van der Waals surface area contributed by atoms with Crippen molar-refractivity contribution in [3.63, 3.8) is 0 Å². The summed E-state index contributed by atoms with van der Waals surface area (Å²) in [6.45, 7) is 0. The van der Waals surface area contributed by atoms with Crippen LogP contribution in [0.1, 0.15) is 33.4 Å². The molecule has 0 aliphatic heterocycles. The number of carbonyl (C=O) groups excluding carboxylic acids is 3. The maximum absolute atomic E-state index is 13.8. The van der Waals surface area contributed by atoms with Gasteiger partial charge in [-0.05, 0) is 0 Å². The van der Waals surface area contributed by atoms with Gasteiger partial charge in [0.25, 0.3) is 0 Å². The van der Waals surface area contributed by atoms with Gasteiger partial charge in [-0.1, -0.05) is 0 Å². The van der Waals surface area contributed by atoms with Gasteiger partial charge in [0.2, 0.25) is 0 Å². The second-order valence-electron chi connectivity index (χ2n) is 6.93. The van der Waals surface area contributed by atoms with E-state index >= 15 is 0 Å². The molecule has 182 valence electrons. The van der Waals surface area contributed by atoms with Crippen molar-refractivity contribution in [1.29, 1.82) is 15.8 Å². The molecule has 37 heavy (non-hydrogen) atoms. The molecule has 3 aromatic carbocycles. The van der Waals surface area contributed by atoms with Crippen molar-refractivity contribution in [3.8, 4) is 18.2 Å². The Morgan fingerprint density at radius 3 is 1.05 bits per heavy atom. The third kappa shape index (κ3) is 7.11. The van der Waals surface area contributed by atoms with Crippen LogP contribution in [0.3, 0.4) is 0 Å². The van der Waals surface area contributed by atoms with Crippen LogP contribution in [0.5, 0.6) is 0 Å². The van der Waals surface area contributed by atoms with E-state index < -0.39 is 58.4 Å². The Balaban J connectivity index is 1.92. The van der Waals surface area contributed by atoms with Crippen LogP contribution >= 0.6 is 0 Å². The number of halogens is 3. The zero-order valence-electron chi connectivity index (χ0n) is 18.2. The summed E-state index contributed by atoms with van der Waals surface area (Å²) in [5.74, 6) is -5.72. The topological polar surface area (TPSA) is 163 Å². The van der Waals surface area contributed by atoms with Gasteiger partial charge >= 0.3 is 216 Å². The molecule has 0 bridgehead atoms. The predicted molar refractivity (Wildman–Crippen MR) is 120 cm³/mol. The molecule has 0 aliphatic rings. The van der Waals surface area contributed by atoms with Crippen LogP contribution in [0.4, 0.5) is 13.2 Å². The molecule has 0 unspecified atom stereocenters. The molecule has 0 amide bonds. The summed E-state index contributed by atoms with van der Waals surface area (Å²) in [7, 11) is 0. The molecule has 0 atom stereocenters. The second kappa shape index (κ2) is 11.8. The molecule has 0 radical (unpaired) electrons. The Kier molecular flexibility index (Phi) is 8.52. The van der Waals surface area contributed by atoms with Crippen molar-refractivity contribution in [2.24, 2.45) is 0 Å². The number of hydrogen-bond donors (Lipinski definition) is 0. The monoisotopic (exact) mass is 704 g/mol. The molecular formula is C24H12BiF3N3O6+3. The van der Waals surface area contributed by atoms with E-state index in [-0.39, 0.29) is 33.4 Å². The van der Waals surface area contributed by atoms with Gasteiger partial charge in [-0.15, -0.1) is 0 Å². The van der Waals surface area contributed by atoms with E-state index in [0.29, 0.717) is 0 Å². The first-order valence-electron chi connectivity index (χ1n) is 9.76. The number of nitrogens with zero attached hydrogens (tertiary/aromatic N) is 3. The summed E-state index contributed by atoms with van der Waals surface area (Å²) < 4.78 is 57.1. The predicted octanol–water partition coefficient (Wildman–Crippen LogP) is 2.71. The fourth-order valence-corrected chi connectivity index (χ4v) is 6.07. The fourth-order valence-electron chi connectivity index (χ4n) is 2.76. The minimum absolute atomic E-state index is 0.172. The maximum atomic E-state index is 13.8. The summed E-state index contributed by atoms with van der Waals surface area (Å²) in [6, 6.07) is 13.3. The van der Waals surface area contributed by atoms with E-state index in [1.165, 1.54) is 0 Å². The molecule has 0 aliphatic carbocycles. The quantitative estimate of drug-likeness (QED) is 0.283. The van der Waals surface area contributed by atoms with Gasteiger partial charge in [0.15, 0.2) is 0 Å². The zero-order valence-corrected chi connectivity index (χ0v) is 21.7.